The van der Waals surface area contributed by atoms with Crippen molar-refractivity contribution in [3.05, 3.63) is 29.8 Å². The Morgan fingerprint density at radius 3 is 2.63 bits per heavy atom. The molecule has 1 aromatic heterocycles. The Morgan fingerprint density at radius 2 is 2.16 bits per heavy atom. The van der Waals surface area contributed by atoms with Crippen LogP contribution in [0, 0.1) is 5.82 Å². The first-order valence-electron chi connectivity index (χ1n) is 5.16. The van der Waals surface area contributed by atoms with Gasteiger partial charge in [0.15, 0.2) is 0 Å². The van der Waals surface area contributed by atoms with Crippen molar-refractivity contribution in [3.8, 4) is 0 Å². The van der Waals surface area contributed by atoms with E-state index in [1.165, 1.54) is 0 Å². The van der Waals surface area contributed by atoms with Gasteiger partial charge in [0.05, 0.1) is 19.7 Å². The van der Waals surface area contributed by atoms with Gasteiger partial charge in [0.2, 0.25) is 0 Å². The van der Waals surface area contributed by atoms with E-state index < -0.39 is 36.1 Å². The number of carboxylic acid groups (broad SMARTS) is 1. The van der Waals surface area contributed by atoms with Gasteiger partial charge < -0.3 is 15.2 Å². The Morgan fingerprint density at radius 1 is 1.47 bits per heavy atom. The molecule has 0 aliphatic heterocycles. The highest BCUT2D eigenvalue weighted by atomic mass is 19.1. The second-order valence-corrected chi connectivity index (χ2v) is 3.51. The van der Waals surface area contributed by atoms with Gasteiger partial charge in [-0.2, -0.15) is 0 Å². The first-order chi connectivity index (χ1) is 8.93. The largest absolute Gasteiger partial charge is 0.480 e. The molecule has 0 unspecified atom stereocenters. The molecule has 1 rings (SSSR count). The van der Waals surface area contributed by atoms with Crippen LogP contribution in [-0.2, 0) is 14.3 Å². The van der Waals surface area contributed by atoms with E-state index in [1.54, 1.807) is 0 Å². The average Bonchev–Trinajstić information content (AvgIpc) is 2.38. The van der Waals surface area contributed by atoms with Crippen LogP contribution in [0.4, 0.5) is 4.39 Å². The summed E-state index contributed by atoms with van der Waals surface area (Å²) in [5.74, 6) is -3.61. The zero-order valence-electron chi connectivity index (χ0n) is 9.92. The van der Waals surface area contributed by atoms with Crippen LogP contribution in [0.1, 0.15) is 16.9 Å². The second kappa shape index (κ2) is 6.43. The van der Waals surface area contributed by atoms with Gasteiger partial charge >= 0.3 is 11.9 Å². The molecule has 0 saturated heterocycles. The Hall–Kier alpha value is -2.51. The van der Waals surface area contributed by atoms with Crippen molar-refractivity contribution in [2.45, 2.75) is 12.5 Å². The highest BCUT2D eigenvalue weighted by Crippen LogP contribution is 2.01. The summed E-state index contributed by atoms with van der Waals surface area (Å²) >= 11 is 0. The standard InChI is InChI=1S/C11H11FN2O5/c1-19-9(15)4-8(11(17)18)14-10(16)7-3-2-6(12)5-13-7/h2-3,5,8H,4H2,1H3,(H,14,16)(H,17,18)/t8-/m0/s1. The summed E-state index contributed by atoms with van der Waals surface area (Å²) in [6, 6.07) is 0.673. The maximum Gasteiger partial charge on any atom is 0.326 e. The first kappa shape index (κ1) is 14.6. The molecule has 0 aliphatic rings. The number of carbonyl (C=O) groups is 3. The zero-order chi connectivity index (χ0) is 14.4. The topological polar surface area (TPSA) is 106 Å². The van der Waals surface area contributed by atoms with Gasteiger partial charge in [-0.1, -0.05) is 0 Å². The molecule has 1 aromatic rings. The van der Waals surface area contributed by atoms with Crippen LogP contribution in [0.25, 0.3) is 0 Å². The zero-order valence-corrected chi connectivity index (χ0v) is 9.92. The van der Waals surface area contributed by atoms with Gasteiger partial charge in [0.25, 0.3) is 5.91 Å². The van der Waals surface area contributed by atoms with Crippen LogP contribution < -0.4 is 5.32 Å². The molecular formula is C11H11FN2O5. The van der Waals surface area contributed by atoms with E-state index in [4.69, 9.17) is 5.11 Å². The van der Waals surface area contributed by atoms with Gasteiger partial charge in [0.1, 0.15) is 17.6 Å². The monoisotopic (exact) mass is 270 g/mol. The number of nitrogens with one attached hydrogen (secondary N) is 1. The predicted octanol–water partition coefficient (Wildman–Crippen LogP) is -0.0332. The molecule has 1 atom stereocenters. The lowest BCUT2D eigenvalue weighted by Crippen LogP contribution is -2.42. The van der Waals surface area contributed by atoms with E-state index in [2.05, 4.69) is 15.0 Å². The van der Waals surface area contributed by atoms with Crippen molar-refractivity contribution in [1.29, 1.82) is 0 Å². The second-order valence-electron chi connectivity index (χ2n) is 3.51. The van der Waals surface area contributed by atoms with Crippen molar-refractivity contribution in [2.75, 3.05) is 7.11 Å². The maximum atomic E-state index is 12.6. The van der Waals surface area contributed by atoms with E-state index in [9.17, 15) is 18.8 Å². The summed E-state index contributed by atoms with van der Waals surface area (Å²) in [6.07, 6.45) is 0.309. The highest BCUT2D eigenvalue weighted by molar-refractivity contribution is 5.95. The number of ether oxygens (including phenoxy) is 1. The van der Waals surface area contributed by atoms with Crippen molar-refractivity contribution in [3.63, 3.8) is 0 Å². The fourth-order valence-electron chi connectivity index (χ4n) is 1.19. The van der Waals surface area contributed by atoms with Crippen molar-refractivity contribution >= 4 is 17.8 Å². The Kier molecular flexibility index (Phi) is 4.92. The highest BCUT2D eigenvalue weighted by Gasteiger charge is 2.24. The Labute approximate surface area is 107 Å². The molecule has 19 heavy (non-hydrogen) atoms. The van der Waals surface area contributed by atoms with Gasteiger partial charge in [0, 0.05) is 0 Å². The molecule has 0 aromatic carbocycles. The molecule has 0 spiro atoms. The predicted molar refractivity (Wildman–Crippen MR) is 59.7 cm³/mol. The molecule has 1 heterocycles. The van der Waals surface area contributed by atoms with E-state index in [0.717, 1.165) is 25.4 Å². The van der Waals surface area contributed by atoms with Gasteiger partial charge in [-0.25, -0.2) is 14.2 Å². The van der Waals surface area contributed by atoms with E-state index in [1.807, 2.05) is 0 Å². The Balaban J connectivity index is 2.73. The molecule has 8 heteroatoms. The molecule has 1 amide bonds. The summed E-state index contributed by atoms with van der Waals surface area (Å²) < 4.78 is 16.9. The van der Waals surface area contributed by atoms with Crippen molar-refractivity contribution < 1.29 is 28.6 Å². The lowest BCUT2D eigenvalue weighted by molar-refractivity contribution is -0.147. The lowest BCUT2D eigenvalue weighted by atomic mass is 10.2. The number of esters is 1. The van der Waals surface area contributed by atoms with Crippen LogP contribution in [0.3, 0.4) is 0 Å². The summed E-state index contributed by atoms with van der Waals surface area (Å²) in [5, 5.41) is 10.9. The number of aliphatic carboxylic acids is 1. The Bertz CT molecular complexity index is 488. The van der Waals surface area contributed by atoms with Crippen LogP contribution in [0.15, 0.2) is 18.3 Å². The number of nitrogens with zero attached hydrogens (tertiary/aromatic N) is 1. The molecule has 0 aliphatic carbocycles. The number of rotatable bonds is 5. The summed E-state index contributed by atoms with van der Waals surface area (Å²) in [6.45, 7) is 0. The molecule has 102 valence electrons. The third kappa shape index (κ3) is 4.34. The fourth-order valence-corrected chi connectivity index (χ4v) is 1.19. The lowest BCUT2D eigenvalue weighted by Gasteiger charge is -2.12. The smallest absolute Gasteiger partial charge is 0.326 e. The van der Waals surface area contributed by atoms with Crippen molar-refractivity contribution in [1.82, 2.24) is 10.3 Å². The number of hydrogen-bond acceptors (Lipinski definition) is 5. The third-order valence-corrected chi connectivity index (χ3v) is 2.16. The number of carbonyl (C=O) groups excluding carboxylic acids is 2. The number of halogens is 1. The minimum atomic E-state index is -1.44. The maximum absolute atomic E-state index is 12.6. The molecule has 0 saturated carbocycles. The average molecular weight is 270 g/mol. The molecule has 0 radical (unpaired) electrons. The van der Waals surface area contributed by atoms with Crippen LogP contribution in [0.5, 0.6) is 0 Å². The fraction of sp³-hybridized carbons (Fsp3) is 0.273. The molecule has 0 bridgehead atoms. The minimum Gasteiger partial charge on any atom is -0.480 e. The minimum absolute atomic E-state index is 0.155. The number of hydrogen-bond donors (Lipinski definition) is 2. The molecule has 0 fully saturated rings. The van der Waals surface area contributed by atoms with E-state index in [0.29, 0.717) is 0 Å². The first-order valence-corrected chi connectivity index (χ1v) is 5.16. The number of aromatic nitrogens is 1. The van der Waals surface area contributed by atoms with Crippen molar-refractivity contribution in [2.24, 2.45) is 0 Å². The quantitative estimate of drug-likeness (QED) is 0.728. The number of methoxy groups -OCH3 is 1. The number of pyridine rings is 1. The summed E-state index contributed by atoms with van der Waals surface area (Å²) in [7, 11) is 1.10. The number of amides is 1. The third-order valence-electron chi connectivity index (χ3n) is 2.16. The van der Waals surface area contributed by atoms with Gasteiger partial charge in [-0.05, 0) is 12.1 Å². The molecular weight excluding hydrogens is 259 g/mol. The SMILES string of the molecule is COC(=O)C[C@H](NC(=O)c1ccc(F)cn1)C(=O)O. The van der Waals surface area contributed by atoms with E-state index in [-0.39, 0.29) is 5.69 Å². The normalized spacial score (nSPS) is 11.5. The van der Waals surface area contributed by atoms with Crippen LogP contribution >= 0.6 is 0 Å². The summed E-state index contributed by atoms with van der Waals surface area (Å²) in [4.78, 5) is 37.0. The van der Waals surface area contributed by atoms with E-state index >= 15 is 0 Å². The number of carboxylic acids is 1. The van der Waals surface area contributed by atoms with Gasteiger partial charge in [-0.15, -0.1) is 0 Å². The summed E-state index contributed by atoms with van der Waals surface area (Å²) in [5.41, 5.74) is -0.155. The molecule has 2 N–H and O–H groups in total. The van der Waals surface area contributed by atoms with Gasteiger partial charge in [-0.3, -0.25) is 9.59 Å². The molecule has 7 nitrogen and oxygen atoms in total. The van der Waals surface area contributed by atoms with Crippen LogP contribution in [0.2, 0.25) is 0 Å². The van der Waals surface area contributed by atoms with Crippen LogP contribution in [-0.4, -0.2) is 41.1 Å².